The Morgan fingerprint density at radius 2 is 1.85 bits per heavy atom. The second-order valence-electron chi connectivity index (χ2n) is 10.5. The van der Waals surface area contributed by atoms with E-state index in [0.29, 0.717) is 23.5 Å². The van der Waals surface area contributed by atoms with Crippen LogP contribution < -0.4 is 10.9 Å². The number of aromatic amines is 1. The second kappa shape index (κ2) is 8.60. The third kappa shape index (κ3) is 4.07. The number of hydrogen-bond donors (Lipinski definition) is 2. The minimum Gasteiger partial charge on any atom is -0.350 e. The van der Waals surface area contributed by atoms with Crippen molar-refractivity contribution in [3.05, 3.63) is 39.8 Å². The second-order valence-corrected chi connectivity index (χ2v) is 10.5. The molecule has 5 rings (SSSR count). The average molecular weight is 450 g/mol. The van der Waals surface area contributed by atoms with Crippen molar-refractivity contribution >= 4 is 27.7 Å². The predicted molar refractivity (Wildman–Crippen MR) is 132 cm³/mol. The Hall–Kier alpha value is -2.67. The van der Waals surface area contributed by atoms with Crippen LogP contribution in [0.4, 0.5) is 0 Å². The Labute approximate surface area is 194 Å². The summed E-state index contributed by atoms with van der Waals surface area (Å²) in [7, 11) is 0. The van der Waals surface area contributed by atoms with Crippen molar-refractivity contribution in [3.63, 3.8) is 0 Å². The lowest BCUT2D eigenvalue weighted by molar-refractivity contribution is 0.0797. The average Bonchev–Trinajstić information content (AvgIpc) is 3.48. The number of pyridine rings is 1. The number of H-pyrrole nitrogens is 1. The van der Waals surface area contributed by atoms with Crippen molar-refractivity contribution in [2.24, 2.45) is 0 Å². The quantitative estimate of drug-likeness (QED) is 0.609. The molecule has 2 fully saturated rings. The molecule has 0 bridgehead atoms. The van der Waals surface area contributed by atoms with Crippen LogP contribution in [0.5, 0.6) is 0 Å². The Balaban J connectivity index is 1.49. The van der Waals surface area contributed by atoms with Gasteiger partial charge in [0.1, 0.15) is 0 Å². The number of nitrogens with one attached hydrogen (secondary N) is 2. The maximum atomic E-state index is 13.3. The van der Waals surface area contributed by atoms with E-state index in [1.165, 1.54) is 32.1 Å². The van der Waals surface area contributed by atoms with Gasteiger partial charge in [-0.25, -0.2) is 0 Å². The molecule has 0 spiro atoms. The van der Waals surface area contributed by atoms with E-state index in [1.54, 1.807) is 6.20 Å². The molecule has 1 aromatic carbocycles. The molecule has 3 aromatic rings. The molecule has 3 heterocycles. The summed E-state index contributed by atoms with van der Waals surface area (Å²) in [6.45, 7) is 9.13. The Morgan fingerprint density at radius 3 is 2.58 bits per heavy atom. The molecule has 1 amide bonds. The van der Waals surface area contributed by atoms with Crippen LogP contribution in [-0.2, 0) is 0 Å². The first kappa shape index (κ1) is 22.1. The molecular formula is C26H35N5O2. The minimum absolute atomic E-state index is 0.0641. The lowest BCUT2D eigenvalue weighted by Crippen LogP contribution is -2.53. The van der Waals surface area contributed by atoms with Crippen LogP contribution in [0.3, 0.4) is 0 Å². The molecule has 1 aliphatic heterocycles. The van der Waals surface area contributed by atoms with Gasteiger partial charge in [-0.15, -0.1) is 0 Å². The van der Waals surface area contributed by atoms with E-state index >= 15 is 0 Å². The fourth-order valence-electron chi connectivity index (χ4n) is 5.67. The number of aromatic nitrogens is 3. The number of nitrogens with zero attached hydrogens (tertiary/aromatic N) is 3. The van der Waals surface area contributed by atoms with Crippen molar-refractivity contribution in [2.45, 2.75) is 77.3 Å². The summed E-state index contributed by atoms with van der Waals surface area (Å²) in [4.78, 5) is 31.5. The zero-order valence-electron chi connectivity index (χ0n) is 20.0. The molecule has 1 aliphatic carbocycles. The van der Waals surface area contributed by atoms with Crippen molar-refractivity contribution < 1.29 is 4.79 Å². The number of likely N-dealkylation sites (tertiary alicyclic amines) is 1. The number of benzene rings is 1. The number of hydrogen-bond acceptors (Lipinski definition) is 4. The van der Waals surface area contributed by atoms with E-state index in [9.17, 15) is 9.59 Å². The van der Waals surface area contributed by atoms with Crippen LogP contribution >= 0.6 is 0 Å². The summed E-state index contributed by atoms with van der Waals surface area (Å²) in [6, 6.07) is 4.18. The highest BCUT2D eigenvalue weighted by molar-refractivity contribution is 6.07. The van der Waals surface area contributed by atoms with E-state index in [1.807, 2.05) is 23.7 Å². The molecule has 176 valence electrons. The standard InChI is InChI=1S/C26H35N5O2/c1-17-13-22-20(23-21(25(33)29-22)15-28-31(23)18-9-5-6-10-18)14-19(17)24(32)27-16-26(2,3)30-11-7-4-8-12-30/h13-15,18H,4-12,16H2,1-3H3,(H,27,32)(H,29,33). The highest BCUT2D eigenvalue weighted by Gasteiger charge is 2.29. The highest BCUT2D eigenvalue weighted by Crippen LogP contribution is 2.33. The zero-order valence-corrected chi connectivity index (χ0v) is 20.0. The van der Waals surface area contributed by atoms with Crippen LogP contribution in [0.1, 0.15) is 80.8 Å². The van der Waals surface area contributed by atoms with Crippen LogP contribution in [0.25, 0.3) is 21.8 Å². The Bertz CT molecular complexity index is 1240. The highest BCUT2D eigenvalue weighted by atomic mass is 16.1. The fourth-order valence-corrected chi connectivity index (χ4v) is 5.67. The fraction of sp³-hybridized carbons (Fsp3) is 0.577. The van der Waals surface area contributed by atoms with Gasteiger partial charge in [-0.2, -0.15) is 5.10 Å². The Kier molecular flexibility index (Phi) is 5.77. The van der Waals surface area contributed by atoms with Gasteiger partial charge in [0.25, 0.3) is 11.5 Å². The molecule has 1 saturated carbocycles. The first-order chi connectivity index (χ1) is 15.8. The van der Waals surface area contributed by atoms with Crippen molar-refractivity contribution in [2.75, 3.05) is 19.6 Å². The van der Waals surface area contributed by atoms with Gasteiger partial charge >= 0.3 is 0 Å². The summed E-state index contributed by atoms with van der Waals surface area (Å²) in [5.74, 6) is -0.0641. The first-order valence-corrected chi connectivity index (χ1v) is 12.4. The van der Waals surface area contributed by atoms with Gasteiger partial charge in [0.2, 0.25) is 0 Å². The van der Waals surface area contributed by atoms with Crippen molar-refractivity contribution in [1.82, 2.24) is 25.0 Å². The molecule has 2 N–H and O–H groups in total. The van der Waals surface area contributed by atoms with Gasteiger partial charge < -0.3 is 10.3 Å². The van der Waals surface area contributed by atoms with E-state index in [4.69, 9.17) is 0 Å². The SMILES string of the molecule is Cc1cc2[nH]c(=O)c3cnn(C4CCCC4)c3c2cc1C(=O)NCC(C)(C)N1CCCCC1. The lowest BCUT2D eigenvalue weighted by Gasteiger charge is -2.41. The van der Waals surface area contributed by atoms with Gasteiger partial charge in [-0.05, 0) is 77.2 Å². The largest absolute Gasteiger partial charge is 0.350 e. The minimum atomic E-state index is -0.123. The van der Waals surface area contributed by atoms with E-state index in [-0.39, 0.29) is 17.0 Å². The summed E-state index contributed by atoms with van der Waals surface area (Å²) in [5.41, 5.74) is 2.92. The molecular weight excluding hydrogens is 414 g/mol. The van der Waals surface area contributed by atoms with Gasteiger partial charge in [-0.3, -0.25) is 19.2 Å². The number of aryl methyl sites for hydroxylation is 1. The summed E-state index contributed by atoms with van der Waals surface area (Å²) < 4.78 is 2.02. The molecule has 1 saturated heterocycles. The van der Waals surface area contributed by atoms with Crippen molar-refractivity contribution in [1.29, 1.82) is 0 Å². The van der Waals surface area contributed by atoms with E-state index < -0.39 is 0 Å². The summed E-state index contributed by atoms with van der Waals surface area (Å²) >= 11 is 0. The summed E-state index contributed by atoms with van der Waals surface area (Å²) in [5, 5.41) is 9.27. The molecule has 2 aliphatic rings. The van der Waals surface area contributed by atoms with Gasteiger partial charge in [0, 0.05) is 23.0 Å². The molecule has 7 nitrogen and oxygen atoms in total. The number of amides is 1. The molecule has 33 heavy (non-hydrogen) atoms. The Morgan fingerprint density at radius 1 is 1.12 bits per heavy atom. The number of carbonyl (C=O) groups is 1. The van der Waals surface area contributed by atoms with E-state index in [2.05, 4.69) is 34.1 Å². The normalized spacial score (nSPS) is 18.4. The third-order valence-corrected chi connectivity index (χ3v) is 7.72. The number of piperidine rings is 1. The van der Waals surface area contributed by atoms with Gasteiger partial charge in [-0.1, -0.05) is 19.3 Å². The first-order valence-electron chi connectivity index (χ1n) is 12.4. The third-order valence-electron chi connectivity index (χ3n) is 7.72. The maximum absolute atomic E-state index is 13.3. The van der Waals surface area contributed by atoms with Crippen LogP contribution in [0, 0.1) is 6.92 Å². The summed E-state index contributed by atoms with van der Waals surface area (Å²) in [6.07, 6.45) is 9.95. The number of fused-ring (bicyclic) bond motifs is 3. The molecule has 2 aromatic heterocycles. The number of rotatable bonds is 5. The molecule has 0 radical (unpaired) electrons. The van der Waals surface area contributed by atoms with Crippen LogP contribution in [0.2, 0.25) is 0 Å². The predicted octanol–water partition coefficient (Wildman–Crippen LogP) is 4.30. The molecule has 0 atom stereocenters. The van der Waals surface area contributed by atoms with Gasteiger partial charge in [0.05, 0.1) is 28.7 Å². The maximum Gasteiger partial charge on any atom is 0.259 e. The smallest absolute Gasteiger partial charge is 0.259 e. The van der Waals surface area contributed by atoms with E-state index in [0.717, 1.165) is 47.9 Å². The van der Waals surface area contributed by atoms with Gasteiger partial charge in [0.15, 0.2) is 0 Å². The monoisotopic (exact) mass is 449 g/mol. The zero-order chi connectivity index (χ0) is 23.2. The number of carbonyl (C=O) groups excluding carboxylic acids is 1. The van der Waals surface area contributed by atoms with Crippen LogP contribution in [0.15, 0.2) is 23.1 Å². The lowest BCUT2D eigenvalue weighted by atomic mass is 9.98. The molecule has 0 unspecified atom stereocenters. The van der Waals surface area contributed by atoms with Crippen molar-refractivity contribution in [3.8, 4) is 0 Å². The topological polar surface area (TPSA) is 83.0 Å². The van der Waals surface area contributed by atoms with Crippen LogP contribution in [-0.4, -0.2) is 50.7 Å². The molecule has 7 heteroatoms.